The average molecular weight is 415 g/mol. The summed E-state index contributed by atoms with van der Waals surface area (Å²) in [5.74, 6) is -0.396. The summed E-state index contributed by atoms with van der Waals surface area (Å²) in [4.78, 5) is 13.3. The van der Waals surface area contributed by atoms with E-state index in [1.54, 1.807) is 30.3 Å². The van der Waals surface area contributed by atoms with Gasteiger partial charge in [0, 0.05) is 13.1 Å². The predicted octanol–water partition coefficient (Wildman–Crippen LogP) is 3.97. The molecular formula is C23H30N2O3S. The number of sulfonamides is 1. The maximum absolute atomic E-state index is 13.0. The van der Waals surface area contributed by atoms with Crippen LogP contribution < -0.4 is 5.32 Å². The van der Waals surface area contributed by atoms with Crippen LogP contribution in [0.4, 0.5) is 0 Å². The number of aryl methyl sites for hydroxylation is 2. The predicted molar refractivity (Wildman–Crippen MR) is 115 cm³/mol. The van der Waals surface area contributed by atoms with Gasteiger partial charge in [-0.05, 0) is 56.4 Å². The molecule has 1 amide bonds. The van der Waals surface area contributed by atoms with Crippen LogP contribution in [0.15, 0.2) is 53.4 Å². The lowest BCUT2D eigenvalue weighted by molar-refractivity contribution is -0.126. The van der Waals surface area contributed by atoms with E-state index in [4.69, 9.17) is 0 Å². The molecule has 2 atom stereocenters. The van der Waals surface area contributed by atoms with Gasteiger partial charge in [0.2, 0.25) is 15.9 Å². The van der Waals surface area contributed by atoms with Gasteiger partial charge in [-0.1, -0.05) is 48.9 Å². The third-order valence-corrected chi connectivity index (χ3v) is 7.54. The highest BCUT2D eigenvalue weighted by molar-refractivity contribution is 7.89. The van der Waals surface area contributed by atoms with Gasteiger partial charge in [0.15, 0.2) is 0 Å². The molecule has 1 fully saturated rings. The molecule has 29 heavy (non-hydrogen) atoms. The zero-order valence-corrected chi connectivity index (χ0v) is 18.2. The molecule has 1 N–H and O–H groups in total. The van der Waals surface area contributed by atoms with Crippen molar-refractivity contribution >= 4 is 15.9 Å². The molecule has 1 aliphatic heterocycles. The summed E-state index contributed by atoms with van der Waals surface area (Å²) in [5.41, 5.74) is 3.48. The molecule has 1 heterocycles. The molecule has 0 spiro atoms. The van der Waals surface area contributed by atoms with Gasteiger partial charge in [-0.15, -0.1) is 0 Å². The molecule has 0 radical (unpaired) electrons. The first-order valence-corrected chi connectivity index (χ1v) is 11.7. The zero-order valence-electron chi connectivity index (χ0n) is 17.4. The van der Waals surface area contributed by atoms with Crippen LogP contribution >= 0.6 is 0 Å². The summed E-state index contributed by atoms with van der Waals surface area (Å²) < 4.78 is 27.3. The molecule has 5 nitrogen and oxygen atoms in total. The van der Waals surface area contributed by atoms with E-state index in [9.17, 15) is 13.2 Å². The van der Waals surface area contributed by atoms with Crippen LogP contribution in [0, 0.1) is 19.8 Å². The number of hydrogen-bond donors (Lipinski definition) is 1. The van der Waals surface area contributed by atoms with Gasteiger partial charge >= 0.3 is 0 Å². The van der Waals surface area contributed by atoms with E-state index in [1.165, 1.54) is 9.87 Å². The second-order valence-electron chi connectivity index (χ2n) is 7.84. The first-order chi connectivity index (χ1) is 13.8. The molecule has 0 saturated carbocycles. The van der Waals surface area contributed by atoms with Crippen molar-refractivity contribution in [3.63, 3.8) is 0 Å². The number of amides is 1. The van der Waals surface area contributed by atoms with E-state index >= 15 is 0 Å². The van der Waals surface area contributed by atoms with E-state index < -0.39 is 10.0 Å². The van der Waals surface area contributed by atoms with Crippen LogP contribution in [0.3, 0.4) is 0 Å². The van der Waals surface area contributed by atoms with Crippen molar-refractivity contribution in [2.75, 3.05) is 13.1 Å². The summed E-state index contributed by atoms with van der Waals surface area (Å²) in [6.07, 6.45) is 2.18. The minimum absolute atomic E-state index is 0.0650. The van der Waals surface area contributed by atoms with Crippen molar-refractivity contribution in [1.82, 2.24) is 9.62 Å². The van der Waals surface area contributed by atoms with Crippen molar-refractivity contribution in [2.24, 2.45) is 5.92 Å². The minimum atomic E-state index is -3.57. The maximum atomic E-state index is 13.0. The first-order valence-electron chi connectivity index (χ1n) is 10.3. The molecule has 3 rings (SSSR count). The Bertz CT molecular complexity index is 957. The van der Waals surface area contributed by atoms with Crippen LogP contribution in [0.25, 0.3) is 0 Å². The summed E-state index contributed by atoms with van der Waals surface area (Å²) in [6, 6.07) is 14.6. The van der Waals surface area contributed by atoms with Gasteiger partial charge < -0.3 is 5.32 Å². The summed E-state index contributed by atoms with van der Waals surface area (Å²) in [6.45, 7) is 6.85. The average Bonchev–Trinajstić information content (AvgIpc) is 2.73. The Morgan fingerprint density at radius 3 is 2.55 bits per heavy atom. The summed E-state index contributed by atoms with van der Waals surface area (Å²) in [7, 11) is -3.57. The molecular weight excluding hydrogens is 384 g/mol. The number of piperidine rings is 1. The van der Waals surface area contributed by atoms with Crippen molar-refractivity contribution in [1.29, 1.82) is 0 Å². The lowest BCUT2D eigenvalue weighted by atomic mass is 9.95. The van der Waals surface area contributed by atoms with Gasteiger partial charge in [-0.2, -0.15) is 4.31 Å². The second kappa shape index (κ2) is 9.09. The highest BCUT2D eigenvalue weighted by Gasteiger charge is 2.33. The molecule has 156 valence electrons. The molecule has 2 aromatic carbocycles. The highest BCUT2D eigenvalue weighted by Crippen LogP contribution is 2.26. The van der Waals surface area contributed by atoms with Crippen molar-refractivity contribution in [3.8, 4) is 0 Å². The molecule has 0 unspecified atom stereocenters. The molecule has 0 aromatic heterocycles. The number of nitrogens with zero attached hydrogens (tertiary/aromatic N) is 1. The number of nitrogens with one attached hydrogen (secondary N) is 1. The molecule has 0 aliphatic carbocycles. The smallest absolute Gasteiger partial charge is 0.243 e. The van der Waals surface area contributed by atoms with Gasteiger partial charge in [-0.3, -0.25) is 4.79 Å². The van der Waals surface area contributed by atoms with Crippen LogP contribution in [-0.2, 0) is 14.8 Å². The molecule has 1 saturated heterocycles. The molecule has 1 aliphatic rings. The van der Waals surface area contributed by atoms with Crippen LogP contribution in [0.1, 0.15) is 48.9 Å². The number of hydrogen-bond acceptors (Lipinski definition) is 3. The minimum Gasteiger partial charge on any atom is -0.349 e. The van der Waals surface area contributed by atoms with Crippen molar-refractivity contribution in [3.05, 3.63) is 65.2 Å². The first kappa shape index (κ1) is 21.5. The fraction of sp³-hybridized carbons (Fsp3) is 0.435. The van der Waals surface area contributed by atoms with Crippen molar-refractivity contribution < 1.29 is 13.2 Å². The Morgan fingerprint density at radius 2 is 1.90 bits per heavy atom. The van der Waals surface area contributed by atoms with E-state index in [-0.39, 0.29) is 29.3 Å². The van der Waals surface area contributed by atoms with E-state index in [1.807, 2.05) is 0 Å². The van der Waals surface area contributed by atoms with Gasteiger partial charge in [0.05, 0.1) is 16.9 Å². The lowest BCUT2D eigenvalue weighted by Crippen LogP contribution is -2.46. The van der Waals surface area contributed by atoms with E-state index in [0.717, 1.165) is 17.5 Å². The number of carbonyl (C=O) groups excluding carboxylic acids is 1. The second-order valence-corrected chi connectivity index (χ2v) is 9.78. The quantitative estimate of drug-likeness (QED) is 0.778. The summed E-state index contributed by atoms with van der Waals surface area (Å²) in [5, 5.41) is 3.16. The molecule has 0 bridgehead atoms. The fourth-order valence-corrected chi connectivity index (χ4v) is 5.57. The zero-order chi connectivity index (χ0) is 21.0. The van der Waals surface area contributed by atoms with Gasteiger partial charge in [0.1, 0.15) is 0 Å². The standard InChI is InChI=1S/C23H30N2O3S/c1-4-22(21-13-12-17(2)15-18(21)3)24-23(26)19-9-8-14-25(16-19)29(27,28)20-10-6-5-7-11-20/h5-7,10-13,15,19,22H,4,8-9,14,16H2,1-3H3,(H,24,26)/t19-,22-/m1/s1. The van der Waals surface area contributed by atoms with Crippen LogP contribution in [0.2, 0.25) is 0 Å². The van der Waals surface area contributed by atoms with Gasteiger partial charge in [0.25, 0.3) is 0 Å². The van der Waals surface area contributed by atoms with E-state index in [0.29, 0.717) is 19.4 Å². The monoisotopic (exact) mass is 414 g/mol. The number of carbonyl (C=O) groups is 1. The number of rotatable bonds is 6. The van der Waals surface area contributed by atoms with Crippen LogP contribution in [-0.4, -0.2) is 31.7 Å². The highest BCUT2D eigenvalue weighted by atomic mass is 32.2. The normalized spacial score (nSPS) is 18.9. The lowest BCUT2D eigenvalue weighted by Gasteiger charge is -2.32. The fourth-order valence-electron chi connectivity index (χ4n) is 4.02. The third kappa shape index (κ3) is 4.87. The Hall–Kier alpha value is -2.18. The SMILES string of the molecule is CC[C@@H](NC(=O)[C@@H]1CCCN(S(=O)(=O)c2ccccc2)C1)c1ccc(C)cc1C. The Labute approximate surface area is 174 Å². The summed E-state index contributed by atoms with van der Waals surface area (Å²) >= 11 is 0. The third-order valence-electron chi connectivity index (χ3n) is 5.66. The van der Waals surface area contributed by atoms with Gasteiger partial charge in [-0.25, -0.2) is 8.42 Å². The van der Waals surface area contributed by atoms with Crippen molar-refractivity contribution in [2.45, 2.75) is 51.0 Å². The van der Waals surface area contributed by atoms with Crippen LogP contribution in [0.5, 0.6) is 0 Å². The molecule has 2 aromatic rings. The Morgan fingerprint density at radius 1 is 1.17 bits per heavy atom. The topological polar surface area (TPSA) is 66.5 Å². The van der Waals surface area contributed by atoms with E-state index in [2.05, 4.69) is 44.3 Å². The Kier molecular flexibility index (Phi) is 6.75. The Balaban J connectivity index is 1.72. The number of benzene rings is 2. The largest absolute Gasteiger partial charge is 0.349 e. The maximum Gasteiger partial charge on any atom is 0.243 e. The molecule has 6 heteroatoms.